The van der Waals surface area contributed by atoms with Crippen LogP contribution in [0.3, 0.4) is 0 Å². The van der Waals surface area contributed by atoms with Crippen molar-refractivity contribution in [2.75, 3.05) is 19.4 Å². The van der Waals surface area contributed by atoms with Gasteiger partial charge in [0.15, 0.2) is 0 Å². The summed E-state index contributed by atoms with van der Waals surface area (Å²) < 4.78 is 7.67. The minimum absolute atomic E-state index is 0.701. The van der Waals surface area contributed by atoms with E-state index in [0.717, 1.165) is 18.1 Å². The summed E-state index contributed by atoms with van der Waals surface area (Å²) >= 11 is 1.76. The van der Waals surface area contributed by atoms with Gasteiger partial charge in [-0.15, -0.1) is 11.8 Å². The Bertz CT molecular complexity index is 601. The molecular formula is C13H14N2OS. The van der Waals surface area contributed by atoms with Gasteiger partial charge in [0.2, 0.25) is 5.90 Å². The van der Waals surface area contributed by atoms with Gasteiger partial charge in [-0.2, -0.15) is 0 Å². The van der Waals surface area contributed by atoms with Crippen LogP contribution >= 0.6 is 11.8 Å². The van der Waals surface area contributed by atoms with Crippen LogP contribution in [0.2, 0.25) is 0 Å². The van der Waals surface area contributed by atoms with Gasteiger partial charge in [-0.25, -0.2) is 4.99 Å². The average molecular weight is 246 g/mol. The molecule has 0 spiro atoms. The lowest BCUT2D eigenvalue weighted by Crippen LogP contribution is -2.06. The molecule has 0 fully saturated rings. The molecular weight excluding hydrogens is 232 g/mol. The lowest BCUT2D eigenvalue weighted by molar-refractivity contribution is 0.346. The van der Waals surface area contributed by atoms with E-state index in [2.05, 4.69) is 47.1 Å². The van der Waals surface area contributed by atoms with Crippen molar-refractivity contribution in [2.24, 2.45) is 12.0 Å². The van der Waals surface area contributed by atoms with Gasteiger partial charge in [0.05, 0.1) is 6.54 Å². The summed E-state index contributed by atoms with van der Waals surface area (Å²) in [5.74, 6) is 0.773. The van der Waals surface area contributed by atoms with E-state index in [1.165, 1.54) is 15.8 Å². The molecule has 0 amide bonds. The standard InChI is InChI=1S/C13H14N2OS/c1-15-11-4-3-10(17-2)7-9(11)8-12(15)13-14-5-6-16-13/h3-4,7-8H,5-6H2,1-2H3. The maximum Gasteiger partial charge on any atom is 0.233 e. The number of nitrogens with zero attached hydrogens (tertiary/aromatic N) is 2. The van der Waals surface area contributed by atoms with Gasteiger partial charge < -0.3 is 9.30 Å². The highest BCUT2D eigenvalue weighted by molar-refractivity contribution is 7.98. The molecule has 0 unspecified atom stereocenters. The predicted octanol–water partition coefficient (Wildman–Crippen LogP) is 2.68. The summed E-state index contributed by atoms with van der Waals surface area (Å²) in [6, 6.07) is 8.66. The number of benzene rings is 1. The Kier molecular flexibility index (Phi) is 2.59. The fourth-order valence-corrected chi connectivity index (χ4v) is 2.60. The highest BCUT2D eigenvalue weighted by atomic mass is 32.2. The average Bonchev–Trinajstić information content (AvgIpc) is 2.97. The van der Waals surface area contributed by atoms with Crippen LogP contribution in [0.25, 0.3) is 10.9 Å². The largest absolute Gasteiger partial charge is 0.474 e. The van der Waals surface area contributed by atoms with Gasteiger partial charge in [0.25, 0.3) is 0 Å². The third-order valence-corrected chi connectivity index (χ3v) is 3.78. The molecule has 0 saturated carbocycles. The van der Waals surface area contributed by atoms with Crippen LogP contribution in [0.15, 0.2) is 34.2 Å². The quantitative estimate of drug-likeness (QED) is 0.762. The van der Waals surface area contributed by atoms with Crippen LogP contribution in [0.5, 0.6) is 0 Å². The van der Waals surface area contributed by atoms with Gasteiger partial charge in [0, 0.05) is 22.8 Å². The Hall–Kier alpha value is -1.42. The molecule has 1 aromatic heterocycles. The minimum Gasteiger partial charge on any atom is -0.474 e. The van der Waals surface area contributed by atoms with E-state index < -0.39 is 0 Å². The molecule has 0 aliphatic carbocycles. The maximum atomic E-state index is 5.53. The Labute approximate surface area is 104 Å². The summed E-state index contributed by atoms with van der Waals surface area (Å²) in [4.78, 5) is 5.65. The number of hydrogen-bond donors (Lipinski definition) is 0. The topological polar surface area (TPSA) is 26.5 Å². The highest BCUT2D eigenvalue weighted by Crippen LogP contribution is 2.25. The van der Waals surface area contributed by atoms with Crippen molar-refractivity contribution >= 4 is 28.6 Å². The number of fused-ring (bicyclic) bond motifs is 1. The molecule has 1 aliphatic rings. The second kappa shape index (κ2) is 4.11. The summed E-state index contributed by atoms with van der Waals surface area (Å²) in [5.41, 5.74) is 2.28. The third-order valence-electron chi connectivity index (χ3n) is 3.05. The van der Waals surface area contributed by atoms with Gasteiger partial charge in [-0.3, -0.25) is 0 Å². The minimum atomic E-state index is 0.701. The van der Waals surface area contributed by atoms with Gasteiger partial charge in [-0.1, -0.05) is 0 Å². The first-order valence-electron chi connectivity index (χ1n) is 5.60. The Balaban J connectivity index is 2.17. The first-order chi connectivity index (χ1) is 8.29. The third kappa shape index (κ3) is 1.72. The van der Waals surface area contributed by atoms with Crippen molar-refractivity contribution < 1.29 is 4.74 Å². The SMILES string of the molecule is CSc1ccc2c(c1)cc(C1=NCCO1)n2C. The van der Waals surface area contributed by atoms with Gasteiger partial charge >= 0.3 is 0 Å². The molecule has 0 bridgehead atoms. The number of thioether (sulfide) groups is 1. The van der Waals surface area contributed by atoms with Crippen molar-refractivity contribution in [3.8, 4) is 0 Å². The number of aromatic nitrogens is 1. The van der Waals surface area contributed by atoms with E-state index in [1.807, 2.05) is 0 Å². The summed E-state index contributed by atoms with van der Waals surface area (Å²) in [6.07, 6.45) is 2.09. The number of hydrogen-bond acceptors (Lipinski definition) is 3. The highest BCUT2D eigenvalue weighted by Gasteiger charge is 2.16. The van der Waals surface area contributed by atoms with E-state index >= 15 is 0 Å². The number of ether oxygens (including phenoxy) is 1. The molecule has 0 atom stereocenters. The Morgan fingerprint density at radius 2 is 2.24 bits per heavy atom. The van der Waals surface area contributed by atoms with Crippen molar-refractivity contribution in [3.63, 3.8) is 0 Å². The predicted molar refractivity (Wildman–Crippen MR) is 72.1 cm³/mol. The molecule has 17 heavy (non-hydrogen) atoms. The number of aryl methyl sites for hydroxylation is 1. The monoisotopic (exact) mass is 246 g/mol. The van der Waals surface area contributed by atoms with E-state index in [4.69, 9.17) is 4.74 Å². The molecule has 0 saturated heterocycles. The molecule has 4 heteroatoms. The normalized spacial score (nSPS) is 15.1. The van der Waals surface area contributed by atoms with Gasteiger partial charge in [0.1, 0.15) is 12.3 Å². The van der Waals surface area contributed by atoms with Gasteiger partial charge in [-0.05, 0) is 30.5 Å². The molecule has 3 rings (SSSR count). The molecule has 88 valence electrons. The van der Waals surface area contributed by atoms with E-state index in [-0.39, 0.29) is 0 Å². The van der Waals surface area contributed by atoms with Crippen LogP contribution in [0.1, 0.15) is 5.69 Å². The molecule has 1 aliphatic heterocycles. The van der Waals surface area contributed by atoms with E-state index in [0.29, 0.717) is 6.61 Å². The molecule has 0 N–H and O–H groups in total. The number of aliphatic imine (C=N–C) groups is 1. The van der Waals surface area contributed by atoms with Crippen LogP contribution in [0.4, 0.5) is 0 Å². The molecule has 3 nitrogen and oxygen atoms in total. The Morgan fingerprint density at radius 1 is 1.35 bits per heavy atom. The second-order valence-electron chi connectivity index (χ2n) is 4.05. The fourth-order valence-electron chi connectivity index (χ4n) is 2.15. The van der Waals surface area contributed by atoms with E-state index in [1.54, 1.807) is 11.8 Å². The molecule has 1 aromatic carbocycles. The zero-order valence-corrected chi connectivity index (χ0v) is 10.8. The molecule has 2 heterocycles. The van der Waals surface area contributed by atoms with E-state index in [9.17, 15) is 0 Å². The summed E-state index contributed by atoms with van der Waals surface area (Å²) in [5, 5.41) is 1.24. The second-order valence-corrected chi connectivity index (χ2v) is 4.93. The van der Waals surface area contributed by atoms with Crippen molar-refractivity contribution in [3.05, 3.63) is 30.0 Å². The zero-order chi connectivity index (χ0) is 11.8. The fraction of sp³-hybridized carbons (Fsp3) is 0.308. The first kappa shape index (κ1) is 10.7. The lowest BCUT2D eigenvalue weighted by atomic mass is 10.2. The maximum absolute atomic E-state index is 5.53. The lowest BCUT2D eigenvalue weighted by Gasteiger charge is -2.03. The van der Waals surface area contributed by atoms with Crippen molar-refractivity contribution in [1.29, 1.82) is 0 Å². The molecule has 2 aromatic rings. The van der Waals surface area contributed by atoms with Crippen LogP contribution in [0, 0.1) is 0 Å². The molecule has 0 radical (unpaired) electrons. The summed E-state index contributed by atoms with van der Waals surface area (Å²) in [6.45, 7) is 1.47. The number of rotatable bonds is 2. The van der Waals surface area contributed by atoms with Crippen LogP contribution in [-0.4, -0.2) is 29.9 Å². The first-order valence-corrected chi connectivity index (χ1v) is 6.83. The van der Waals surface area contributed by atoms with Crippen molar-refractivity contribution in [1.82, 2.24) is 4.57 Å². The summed E-state index contributed by atoms with van der Waals surface area (Å²) in [7, 11) is 2.06. The zero-order valence-electron chi connectivity index (χ0n) is 9.93. The van der Waals surface area contributed by atoms with Crippen molar-refractivity contribution in [2.45, 2.75) is 4.90 Å². The van der Waals surface area contributed by atoms with Crippen LogP contribution in [-0.2, 0) is 11.8 Å². The Morgan fingerprint density at radius 3 is 2.94 bits per heavy atom. The van der Waals surface area contributed by atoms with Crippen LogP contribution < -0.4 is 0 Å². The smallest absolute Gasteiger partial charge is 0.233 e.